The van der Waals surface area contributed by atoms with Crippen molar-refractivity contribution in [1.82, 2.24) is 13.9 Å². The van der Waals surface area contributed by atoms with Gasteiger partial charge in [0, 0.05) is 17.3 Å². The number of benzene rings is 2. The van der Waals surface area contributed by atoms with Crippen molar-refractivity contribution in [2.24, 2.45) is 0 Å². The molecule has 4 rings (SSSR count). The highest BCUT2D eigenvalue weighted by atomic mass is 32.2. The predicted molar refractivity (Wildman–Crippen MR) is 128 cm³/mol. The van der Waals surface area contributed by atoms with Crippen LogP contribution in [0.3, 0.4) is 0 Å². The fourth-order valence-electron chi connectivity index (χ4n) is 3.99. The number of carbonyl (C=O) groups is 1. The number of sulfonamides is 1. The smallest absolute Gasteiger partial charge is 0.421 e. The quantitative estimate of drug-likeness (QED) is 0.310. The number of hydrogen-bond acceptors (Lipinski definition) is 4. The highest BCUT2D eigenvalue weighted by Gasteiger charge is 2.38. The minimum atomic E-state index is -4.61. The highest BCUT2D eigenvalue weighted by molar-refractivity contribution is 7.89. The molecular weight excluding hydrogens is 514 g/mol. The molecule has 12 heteroatoms. The van der Waals surface area contributed by atoms with Gasteiger partial charge in [-0.15, -0.1) is 0 Å². The molecule has 0 aliphatic carbocycles. The summed E-state index contributed by atoms with van der Waals surface area (Å²) in [4.78, 5) is 11.4. The van der Waals surface area contributed by atoms with E-state index < -0.39 is 39.2 Å². The summed E-state index contributed by atoms with van der Waals surface area (Å²) in [7, 11) is -4.44. The lowest BCUT2D eigenvalue weighted by molar-refractivity contribution is -0.137. The summed E-state index contributed by atoms with van der Waals surface area (Å²) < 4.78 is 81.4. The van der Waals surface area contributed by atoms with Gasteiger partial charge >= 0.3 is 12.3 Å². The molecule has 0 saturated carbocycles. The lowest BCUT2D eigenvalue weighted by atomic mass is 9.99. The number of aromatic nitrogens is 2. The van der Waals surface area contributed by atoms with Gasteiger partial charge in [0.05, 0.1) is 21.5 Å². The van der Waals surface area contributed by atoms with E-state index in [0.29, 0.717) is 21.0 Å². The summed E-state index contributed by atoms with van der Waals surface area (Å²) in [6, 6.07) is 12.7. The SMILES string of the molecule is CC(C)(C)N(C(=O)O)S(=O)(=O)c1ccc(-c2c(-c3cccc(F)c3)nn3cc(C(F)(F)F)ccc23)cc1. The molecule has 0 bridgehead atoms. The summed E-state index contributed by atoms with van der Waals surface area (Å²) in [6.07, 6.45) is -5.44. The molecule has 2 heterocycles. The van der Waals surface area contributed by atoms with Crippen LogP contribution in [0.2, 0.25) is 0 Å². The fourth-order valence-corrected chi connectivity index (χ4v) is 5.61. The molecule has 1 amide bonds. The monoisotopic (exact) mass is 535 g/mol. The highest BCUT2D eigenvalue weighted by Crippen LogP contribution is 2.38. The molecule has 0 unspecified atom stereocenters. The Hall–Kier alpha value is -3.93. The molecule has 0 fully saturated rings. The zero-order valence-corrected chi connectivity index (χ0v) is 20.6. The van der Waals surface area contributed by atoms with Crippen LogP contribution in [-0.2, 0) is 16.2 Å². The van der Waals surface area contributed by atoms with Crippen molar-refractivity contribution in [2.45, 2.75) is 37.4 Å². The number of fused-ring (bicyclic) bond motifs is 1. The van der Waals surface area contributed by atoms with Crippen LogP contribution in [-0.4, -0.2) is 39.1 Å². The topological polar surface area (TPSA) is 92.0 Å². The zero-order valence-electron chi connectivity index (χ0n) is 19.8. The predicted octanol–water partition coefficient (Wildman–Crippen LogP) is 6.29. The van der Waals surface area contributed by atoms with E-state index in [9.17, 15) is 35.9 Å². The third-order valence-corrected chi connectivity index (χ3v) is 7.57. The Morgan fingerprint density at radius 1 is 0.973 bits per heavy atom. The van der Waals surface area contributed by atoms with E-state index in [4.69, 9.17) is 0 Å². The van der Waals surface area contributed by atoms with Crippen LogP contribution < -0.4 is 0 Å². The van der Waals surface area contributed by atoms with Gasteiger partial charge in [-0.25, -0.2) is 22.1 Å². The Labute approximate surface area is 209 Å². The van der Waals surface area contributed by atoms with Gasteiger partial charge in [-0.3, -0.25) is 0 Å². The second-order valence-corrected chi connectivity index (χ2v) is 11.0. The molecule has 0 aliphatic heterocycles. The third-order valence-electron chi connectivity index (χ3n) is 5.52. The minimum Gasteiger partial charge on any atom is -0.464 e. The average molecular weight is 536 g/mol. The normalized spacial score (nSPS) is 12.6. The van der Waals surface area contributed by atoms with Gasteiger partial charge in [-0.2, -0.15) is 22.6 Å². The molecule has 4 aromatic rings. The molecule has 0 radical (unpaired) electrons. The van der Waals surface area contributed by atoms with Crippen molar-refractivity contribution in [3.8, 4) is 22.4 Å². The Kier molecular flexibility index (Phi) is 6.27. The molecule has 2 aromatic heterocycles. The summed E-state index contributed by atoms with van der Waals surface area (Å²) in [5, 5.41) is 13.8. The van der Waals surface area contributed by atoms with E-state index in [-0.39, 0.29) is 16.1 Å². The molecule has 7 nitrogen and oxygen atoms in total. The number of rotatable bonds is 4. The second-order valence-electron chi connectivity index (χ2n) is 9.23. The van der Waals surface area contributed by atoms with E-state index in [2.05, 4.69) is 5.10 Å². The largest absolute Gasteiger partial charge is 0.464 e. The molecule has 37 heavy (non-hydrogen) atoms. The Morgan fingerprint density at radius 2 is 1.62 bits per heavy atom. The number of carboxylic acid groups (broad SMARTS) is 1. The molecular formula is C25H21F4N3O4S. The van der Waals surface area contributed by atoms with Crippen LogP contribution in [0.4, 0.5) is 22.4 Å². The first-order chi connectivity index (χ1) is 17.1. The van der Waals surface area contributed by atoms with E-state index in [1.807, 2.05) is 0 Å². The first kappa shape index (κ1) is 26.1. The maximum absolute atomic E-state index is 14.0. The molecule has 0 spiro atoms. The molecule has 194 valence electrons. The van der Waals surface area contributed by atoms with Crippen LogP contribution >= 0.6 is 0 Å². The van der Waals surface area contributed by atoms with Crippen LogP contribution in [0, 0.1) is 5.82 Å². The van der Waals surface area contributed by atoms with E-state index >= 15 is 0 Å². The van der Waals surface area contributed by atoms with Crippen molar-refractivity contribution >= 4 is 21.6 Å². The maximum Gasteiger partial charge on any atom is 0.421 e. The first-order valence-electron chi connectivity index (χ1n) is 10.8. The maximum atomic E-state index is 14.0. The molecule has 1 N–H and O–H groups in total. The van der Waals surface area contributed by atoms with Gasteiger partial charge in [-0.05, 0) is 62.7 Å². The van der Waals surface area contributed by atoms with Crippen LogP contribution in [0.5, 0.6) is 0 Å². The molecule has 0 atom stereocenters. The standard InChI is InChI=1S/C25H21F4N3O4S/c1-24(2,3)32(23(33)34)37(35,36)19-10-7-15(8-11-19)21-20-12-9-17(25(27,28)29)14-31(20)30-22(21)16-5-4-6-18(26)13-16/h4-14H,1-3H3,(H,33,34). The van der Waals surface area contributed by atoms with Gasteiger partial charge in [0.1, 0.15) is 11.5 Å². The van der Waals surface area contributed by atoms with E-state index in [1.165, 1.54) is 69.3 Å². The number of nitrogens with zero attached hydrogens (tertiary/aromatic N) is 3. The van der Waals surface area contributed by atoms with E-state index in [0.717, 1.165) is 16.8 Å². The third kappa shape index (κ3) is 4.88. The average Bonchev–Trinajstić information content (AvgIpc) is 3.16. The van der Waals surface area contributed by atoms with Crippen LogP contribution in [0.25, 0.3) is 27.9 Å². The number of hydrogen-bond donors (Lipinski definition) is 1. The summed E-state index contributed by atoms with van der Waals surface area (Å²) in [5.41, 5.74) is -0.723. The number of alkyl halides is 3. The Morgan fingerprint density at radius 3 is 2.16 bits per heavy atom. The number of pyridine rings is 1. The van der Waals surface area contributed by atoms with Crippen molar-refractivity contribution in [3.63, 3.8) is 0 Å². The molecule has 0 aliphatic rings. The minimum absolute atomic E-state index is 0.177. The number of amides is 1. The number of halogens is 4. The van der Waals surface area contributed by atoms with Crippen molar-refractivity contribution in [2.75, 3.05) is 0 Å². The van der Waals surface area contributed by atoms with Crippen LogP contribution in [0.1, 0.15) is 26.3 Å². The summed E-state index contributed by atoms with van der Waals surface area (Å²) >= 11 is 0. The van der Waals surface area contributed by atoms with Crippen molar-refractivity contribution in [3.05, 3.63) is 78.2 Å². The lowest BCUT2D eigenvalue weighted by Crippen LogP contribution is -2.48. The van der Waals surface area contributed by atoms with Gasteiger partial charge in [0.2, 0.25) is 0 Å². The molecule has 2 aromatic carbocycles. The van der Waals surface area contributed by atoms with Gasteiger partial charge in [0.25, 0.3) is 10.0 Å². The Balaban J connectivity index is 1.90. The lowest BCUT2D eigenvalue weighted by Gasteiger charge is -2.31. The summed E-state index contributed by atoms with van der Waals surface area (Å²) in [6.45, 7) is 4.31. The second kappa shape index (κ2) is 8.87. The fraction of sp³-hybridized carbons (Fsp3) is 0.200. The molecule has 0 saturated heterocycles. The van der Waals surface area contributed by atoms with Crippen LogP contribution in [0.15, 0.2) is 71.8 Å². The first-order valence-corrected chi connectivity index (χ1v) is 12.3. The zero-order chi connectivity index (χ0) is 27.3. The van der Waals surface area contributed by atoms with Gasteiger partial charge in [0.15, 0.2) is 0 Å². The van der Waals surface area contributed by atoms with Crippen molar-refractivity contribution < 1.29 is 35.9 Å². The summed E-state index contributed by atoms with van der Waals surface area (Å²) in [5.74, 6) is -0.575. The van der Waals surface area contributed by atoms with E-state index in [1.54, 1.807) is 6.07 Å². The van der Waals surface area contributed by atoms with Gasteiger partial charge in [-0.1, -0.05) is 24.3 Å². The Bertz CT molecular complexity index is 1610. The van der Waals surface area contributed by atoms with Gasteiger partial charge < -0.3 is 5.11 Å². The van der Waals surface area contributed by atoms with Crippen molar-refractivity contribution in [1.29, 1.82) is 0 Å².